The van der Waals surface area contributed by atoms with E-state index in [1.165, 1.54) is 4.90 Å². The van der Waals surface area contributed by atoms with Gasteiger partial charge in [-0.2, -0.15) is 5.10 Å². The van der Waals surface area contributed by atoms with Crippen molar-refractivity contribution in [3.8, 4) is 5.75 Å². The Labute approximate surface area is 237 Å². The van der Waals surface area contributed by atoms with Gasteiger partial charge < -0.3 is 4.74 Å². The highest BCUT2D eigenvalue weighted by molar-refractivity contribution is 6.25. The number of nitrogens with zero attached hydrogens (tertiary/aromatic N) is 2. The maximum atomic E-state index is 14.3. The molecular weight excluding hydrogens is 514 g/mol. The Morgan fingerprint density at radius 1 is 0.854 bits per heavy atom. The van der Waals surface area contributed by atoms with Gasteiger partial charge >= 0.3 is 0 Å². The van der Waals surface area contributed by atoms with Crippen LogP contribution in [0, 0.1) is 11.8 Å². The molecule has 2 bridgehead atoms. The van der Waals surface area contributed by atoms with Crippen LogP contribution in [0.15, 0.2) is 108 Å². The molecule has 7 heteroatoms. The number of rotatable bonds is 6. The highest BCUT2D eigenvalue weighted by atomic mass is 16.5. The molecular formula is C34H27N3O4. The van der Waals surface area contributed by atoms with Crippen LogP contribution in [0.3, 0.4) is 0 Å². The smallest absolute Gasteiger partial charge is 0.244 e. The van der Waals surface area contributed by atoms with Gasteiger partial charge in [0.2, 0.25) is 17.7 Å². The molecule has 1 aliphatic heterocycles. The summed E-state index contributed by atoms with van der Waals surface area (Å²) in [6.07, 6.45) is 1.82. The van der Waals surface area contributed by atoms with Crippen molar-refractivity contribution in [1.29, 1.82) is 0 Å². The second-order valence-corrected chi connectivity index (χ2v) is 10.7. The van der Waals surface area contributed by atoms with Gasteiger partial charge in [0.15, 0.2) is 0 Å². The van der Waals surface area contributed by atoms with Crippen LogP contribution < -0.4 is 15.1 Å². The Bertz CT molecular complexity index is 1670. The number of ether oxygens (including phenoxy) is 1. The summed E-state index contributed by atoms with van der Waals surface area (Å²) >= 11 is 0. The molecule has 8 rings (SSSR count). The topological polar surface area (TPSA) is 88.1 Å². The molecule has 41 heavy (non-hydrogen) atoms. The molecule has 0 aromatic heterocycles. The number of benzene rings is 4. The molecule has 0 spiro atoms. The standard InChI is InChI=1S/C34H27N3O4/c1-41-23-17-15-21(16-18-23)19-28(38)36-35-20-34-26-13-7-5-11-24(26)29(25-12-6-8-14-27(25)34)30-31(34)33(40)37(32(30)39)22-9-3-2-4-10-22/h2-18,20,29-31H,19H2,1H3,(H,36,38)/b35-20-/t29?,30-,31+,34?/m0/s1. The summed E-state index contributed by atoms with van der Waals surface area (Å²) in [6, 6.07) is 32.3. The minimum atomic E-state index is -1.03. The van der Waals surface area contributed by atoms with E-state index in [1.807, 2.05) is 78.9 Å². The largest absolute Gasteiger partial charge is 0.497 e. The van der Waals surface area contributed by atoms with Crippen molar-refractivity contribution in [3.63, 3.8) is 0 Å². The van der Waals surface area contributed by atoms with Gasteiger partial charge in [-0.25, -0.2) is 10.3 Å². The van der Waals surface area contributed by atoms with E-state index in [0.717, 1.165) is 27.8 Å². The first-order valence-electron chi connectivity index (χ1n) is 13.6. The predicted molar refractivity (Wildman–Crippen MR) is 155 cm³/mol. The number of amides is 3. The number of imide groups is 1. The second kappa shape index (κ2) is 9.55. The van der Waals surface area contributed by atoms with E-state index in [-0.39, 0.29) is 30.1 Å². The Balaban J connectivity index is 1.32. The monoisotopic (exact) mass is 541 g/mol. The van der Waals surface area contributed by atoms with Gasteiger partial charge in [0.05, 0.1) is 36.5 Å². The average Bonchev–Trinajstić information content (AvgIpc) is 3.28. The third-order valence-corrected chi connectivity index (χ3v) is 8.68. The van der Waals surface area contributed by atoms with Crippen molar-refractivity contribution in [1.82, 2.24) is 5.43 Å². The number of hydrogen-bond acceptors (Lipinski definition) is 5. The molecule has 1 heterocycles. The number of nitrogens with one attached hydrogen (secondary N) is 1. The third-order valence-electron chi connectivity index (χ3n) is 8.68. The van der Waals surface area contributed by atoms with E-state index in [1.54, 1.807) is 37.6 Å². The average molecular weight is 542 g/mol. The molecule has 202 valence electrons. The van der Waals surface area contributed by atoms with E-state index in [2.05, 4.69) is 10.5 Å². The molecule has 4 aromatic rings. The minimum Gasteiger partial charge on any atom is -0.497 e. The SMILES string of the molecule is COc1ccc(CC(=O)N/N=C\C23c4ccccc4C(c4ccccc42)[C@@H]2C(=O)N(c4ccccc4)C(=O)[C@@H]23)cc1. The zero-order valence-electron chi connectivity index (χ0n) is 22.4. The van der Waals surface area contributed by atoms with Crippen molar-refractivity contribution in [2.24, 2.45) is 16.9 Å². The Hall–Kier alpha value is -5.04. The summed E-state index contributed by atoms with van der Waals surface area (Å²) in [5.41, 5.74) is 6.94. The van der Waals surface area contributed by atoms with Crippen molar-refractivity contribution in [2.75, 3.05) is 12.0 Å². The molecule has 1 fully saturated rings. The molecule has 4 aromatic carbocycles. The molecule has 7 nitrogen and oxygen atoms in total. The van der Waals surface area contributed by atoms with Crippen molar-refractivity contribution in [2.45, 2.75) is 17.8 Å². The van der Waals surface area contributed by atoms with Gasteiger partial charge in [0.25, 0.3) is 0 Å². The minimum absolute atomic E-state index is 0.134. The lowest BCUT2D eigenvalue weighted by molar-refractivity contribution is -0.123. The number of methoxy groups -OCH3 is 1. The first-order chi connectivity index (χ1) is 20.0. The summed E-state index contributed by atoms with van der Waals surface area (Å²) < 4.78 is 5.20. The number of hydrazone groups is 1. The summed E-state index contributed by atoms with van der Waals surface area (Å²) in [7, 11) is 1.59. The molecule has 0 unspecified atom stereocenters. The van der Waals surface area contributed by atoms with Gasteiger partial charge in [0, 0.05) is 12.1 Å². The normalized spacial score (nSPS) is 23.7. The van der Waals surface area contributed by atoms with Crippen LogP contribution in [0.25, 0.3) is 0 Å². The fourth-order valence-electron chi connectivity index (χ4n) is 7.06. The van der Waals surface area contributed by atoms with E-state index < -0.39 is 17.3 Å². The molecule has 0 radical (unpaired) electrons. The summed E-state index contributed by atoms with van der Waals surface area (Å²) in [5.74, 6) is -1.58. The molecule has 3 aliphatic carbocycles. The number of carbonyl (C=O) groups is 3. The highest BCUT2D eigenvalue weighted by Crippen LogP contribution is 2.63. The Morgan fingerprint density at radius 3 is 2.10 bits per heavy atom. The summed E-state index contributed by atoms with van der Waals surface area (Å²) in [6.45, 7) is 0. The first-order valence-corrected chi connectivity index (χ1v) is 13.6. The molecule has 0 saturated carbocycles. The van der Waals surface area contributed by atoms with Crippen LogP contribution in [0.2, 0.25) is 0 Å². The molecule has 1 saturated heterocycles. The van der Waals surface area contributed by atoms with Crippen molar-refractivity contribution < 1.29 is 19.1 Å². The predicted octanol–water partition coefficient (Wildman–Crippen LogP) is 4.59. The Kier molecular flexibility index (Phi) is 5.82. The lowest BCUT2D eigenvalue weighted by Crippen LogP contribution is -2.54. The zero-order chi connectivity index (χ0) is 28.1. The van der Waals surface area contributed by atoms with Crippen LogP contribution in [0.4, 0.5) is 5.69 Å². The van der Waals surface area contributed by atoms with E-state index in [9.17, 15) is 14.4 Å². The molecule has 1 N–H and O–H groups in total. The van der Waals surface area contributed by atoms with Gasteiger partial charge in [-0.15, -0.1) is 0 Å². The number of hydrogen-bond donors (Lipinski definition) is 1. The maximum Gasteiger partial charge on any atom is 0.244 e. The van der Waals surface area contributed by atoms with Gasteiger partial charge in [0.1, 0.15) is 5.75 Å². The zero-order valence-corrected chi connectivity index (χ0v) is 22.4. The van der Waals surface area contributed by atoms with Crippen LogP contribution in [0.5, 0.6) is 5.75 Å². The summed E-state index contributed by atoms with van der Waals surface area (Å²) in [4.78, 5) is 42.7. The molecule has 3 amide bonds. The van der Waals surface area contributed by atoms with E-state index in [0.29, 0.717) is 11.4 Å². The lowest BCUT2D eigenvalue weighted by atomic mass is 9.47. The van der Waals surface area contributed by atoms with Gasteiger partial charge in [-0.1, -0.05) is 78.9 Å². The highest BCUT2D eigenvalue weighted by Gasteiger charge is 2.68. The number of carbonyl (C=O) groups excluding carboxylic acids is 3. The summed E-state index contributed by atoms with van der Waals surface area (Å²) in [5, 5.41) is 4.48. The quantitative estimate of drug-likeness (QED) is 0.220. The fraction of sp³-hybridized carbons (Fsp3) is 0.176. The van der Waals surface area contributed by atoms with Crippen LogP contribution in [0.1, 0.15) is 33.7 Å². The van der Waals surface area contributed by atoms with Gasteiger partial charge in [-0.05, 0) is 52.1 Å². The fourth-order valence-corrected chi connectivity index (χ4v) is 7.06. The van der Waals surface area contributed by atoms with E-state index >= 15 is 0 Å². The first kappa shape index (κ1) is 25.0. The third kappa shape index (κ3) is 3.65. The number of anilines is 1. The number of para-hydroxylation sites is 1. The van der Waals surface area contributed by atoms with Crippen molar-refractivity contribution >= 4 is 29.6 Å². The van der Waals surface area contributed by atoms with Gasteiger partial charge in [-0.3, -0.25) is 14.4 Å². The maximum absolute atomic E-state index is 14.3. The molecule has 2 atom stereocenters. The van der Waals surface area contributed by atoms with Crippen molar-refractivity contribution in [3.05, 3.63) is 131 Å². The van der Waals surface area contributed by atoms with Crippen LogP contribution in [-0.2, 0) is 26.2 Å². The Morgan fingerprint density at radius 2 is 1.46 bits per heavy atom. The van der Waals surface area contributed by atoms with Crippen LogP contribution >= 0.6 is 0 Å². The van der Waals surface area contributed by atoms with Crippen LogP contribution in [-0.4, -0.2) is 31.0 Å². The van der Waals surface area contributed by atoms with E-state index in [4.69, 9.17) is 4.74 Å². The second-order valence-electron chi connectivity index (χ2n) is 10.7. The lowest BCUT2D eigenvalue weighted by Gasteiger charge is -2.52. The molecule has 4 aliphatic rings.